The van der Waals surface area contributed by atoms with Gasteiger partial charge in [-0.2, -0.15) is 10.5 Å². The molecule has 0 aromatic heterocycles. The van der Waals surface area contributed by atoms with Gasteiger partial charge in [0.05, 0.1) is 34.6 Å². The molecule has 126 valence electrons. The van der Waals surface area contributed by atoms with Crippen LogP contribution in [-0.4, -0.2) is 25.7 Å². The van der Waals surface area contributed by atoms with Crippen molar-refractivity contribution in [3.63, 3.8) is 0 Å². The number of hydrogen-bond acceptors (Lipinski definition) is 5. The summed E-state index contributed by atoms with van der Waals surface area (Å²) in [5.41, 5.74) is 4.46. The van der Waals surface area contributed by atoms with Crippen LogP contribution < -0.4 is 16.0 Å². The van der Waals surface area contributed by atoms with E-state index in [-0.39, 0.29) is 6.04 Å². The number of nitriles is 2. The van der Waals surface area contributed by atoms with E-state index in [0.717, 1.165) is 31.0 Å². The summed E-state index contributed by atoms with van der Waals surface area (Å²) in [6, 6.07) is 18.1. The van der Waals surface area contributed by atoms with E-state index in [4.69, 9.17) is 5.26 Å². The van der Waals surface area contributed by atoms with Crippen LogP contribution in [0.3, 0.4) is 0 Å². The molecule has 2 aromatic carbocycles. The summed E-state index contributed by atoms with van der Waals surface area (Å²) in [6.07, 6.45) is 0. The van der Waals surface area contributed by atoms with Crippen LogP contribution in [-0.2, 0) is 0 Å². The topological polar surface area (TPSA) is 83.7 Å². The second-order valence-electron chi connectivity index (χ2n) is 6.36. The van der Waals surface area contributed by atoms with Crippen molar-refractivity contribution in [1.29, 1.82) is 10.5 Å². The molecule has 25 heavy (non-hydrogen) atoms. The maximum Gasteiger partial charge on any atom is 0.101 e. The van der Waals surface area contributed by atoms with Gasteiger partial charge < -0.3 is 16.0 Å². The zero-order valence-corrected chi connectivity index (χ0v) is 14.2. The Morgan fingerprint density at radius 2 is 1.96 bits per heavy atom. The summed E-state index contributed by atoms with van der Waals surface area (Å²) in [5, 5.41) is 28.5. The fourth-order valence-electron chi connectivity index (χ4n) is 3.04. The molecular formula is C20H21N5. The van der Waals surface area contributed by atoms with E-state index in [1.807, 2.05) is 42.5 Å². The number of fused-ring (bicyclic) bond motifs is 1. The van der Waals surface area contributed by atoms with Crippen LogP contribution in [0.5, 0.6) is 0 Å². The molecule has 0 amide bonds. The first-order chi connectivity index (χ1) is 12.2. The van der Waals surface area contributed by atoms with Gasteiger partial charge in [-0.1, -0.05) is 25.1 Å². The highest BCUT2D eigenvalue weighted by Gasteiger charge is 2.19. The number of nitrogens with zero attached hydrogens (tertiary/aromatic N) is 2. The van der Waals surface area contributed by atoms with Gasteiger partial charge in [0.25, 0.3) is 0 Å². The summed E-state index contributed by atoms with van der Waals surface area (Å²) in [6.45, 7) is 4.66. The van der Waals surface area contributed by atoms with E-state index < -0.39 is 0 Å². The molecule has 0 saturated heterocycles. The number of anilines is 2. The van der Waals surface area contributed by atoms with Crippen molar-refractivity contribution >= 4 is 11.4 Å². The maximum atomic E-state index is 9.24. The van der Waals surface area contributed by atoms with Crippen LogP contribution in [0, 0.1) is 22.7 Å². The molecule has 0 saturated carbocycles. The Labute approximate surface area is 148 Å². The van der Waals surface area contributed by atoms with Crippen LogP contribution in [0.25, 0.3) is 0 Å². The summed E-state index contributed by atoms with van der Waals surface area (Å²) < 4.78 is 0. The fourth-order valence-corrected chi connectivity index (χ4v) is 3.04. The molecule has 2 atom stereocenters. The average molecular weight is 331 g/mol. The maximum absolute atomic E-state index is 9.24. The Balaban J connectivity index is 1.52. The third-order valence-electron chi connectivity index (χ3n) is 4.52. The van der Waals surface area contributed by atoms with Crippen LogP contribution in [0.2, 0.25) is 0 Å². The Morgan fingerprint density at radius 1 is 1.16 bits per heavy atom. The SMILES string of the molecule is C[C@@H](CNC[C@H]1CNc2cccc(C#N)c2N1)c1ccc(C#N)cc1. The second-order valence-corrected chi connectivity index (χ2v) is 6.36. The van der Waals surface area contributed by atoms with Gasteiger partial charge in [0.2, 0.25) is 0 Å². The third-order valence-corrected chi connectivity index (χ3v) is 4.52. The van der Waals surface area contributed by atoms with E-state index in [2.05, 4.69) is 35.0 Å². The molecule has 1 aliphatic heterocycles. The van der Waals surface area contributed by atoms with Crippen LogP contribution in [0.4, 0.5) is 11.4 Å². The van der Waals surface area contributed by atoms with Crippen LogP contribution in [0.1, 0.15) is 29.5 Å². The molecule has 0 unspecified atom stereocenters. The number of hydrogen-bond donors (Lipinski definition) is 3. The Kier molecular flexibility index (Phi) is 5.18. The Morgan fingerprint density at radius 3 is 2.68 bits per heavy atom. The number of rotatable bonds is 5. The standard InChI is InChI=1S/C20H21N5/c1-14(16-7-5-15(9-21)6-8-16)11-23-12-18-13-24-19-4-2-3-17(10-22)20(19)25-18/h2-8,14,18,23-25H,11-13H2,1H3/t14-,18-/m0/s1. The van der Waals surface area contributed by atoms with Gasteiger partial charge in [-0.3, -0.25) is 0 Å². The molecule has 0 bridgehead atoms. The van der Waals surface area contributed by atoms with Crippen molar-refractivity contribution in [2.24, 2.45) is 0 Å². The zero-order valence-electron chi connectivity index (χ0n) is 14.2. The first kappa shape index (κ1) is 16.8. The summed E-state index contributed by atoms with van der Waals surface area (Å²) in [7, 11) is 0. The highest BCUT2D eigenvalue weighted by Crippen LogP contribution is 2.29. The quantitative estimate of drug-likeness (QED) is 0.784. The van der Waals surface area contributed by atoms with Gasteiger partial charge in [0.1, 0.15) is 6.07 Å². The van der Waals surface area contributed by atoms with E-state index in [1.165, 1.54) is 5.56 Å². The van der Waals surface area contributed by atoms with E-state index >= 15 is 0 Å². The number of para-hydroxylation sites is 1. The van der Waals surface area contributed by atoms with Gasteiger partial charge in [0, 0.05) is 19.6 Å². The molecule has 0 fully saturated rings. The van der Waals surface area contributed by atoms with E-state index in [1.54, 1.807) is 0 Å². The van der Waals surface area contributed by atoms with Crippen molar-refractivity contribution in [3.05, 3.63) is 59.2 Å². The lowest BCUT2D eigenvalue weighted by Gasteiger charge is -2.29. The van der Waals surface area contributed by atoms with Gasteiger partial charge in [-0.15, -0.1) is 0 Å². The summed E-state index contributed by atoms with van der Waals surface area (Å²) >= 11 is 0. The smallest absolute Gasteiger partial charge is 0.101 e. The van der Waals surface area contributed by atoms with E-state index in [9.17, 15) is 5.26 Å². The van der Waals surface area contributed by atoms with E-state index in [0.29, 0.717) is 17.0 Å². The first-order valence-electron chi connectivity index (χ1n) is 8.45. The number of benzene rings is 2. The predicted octanol–water partition coefficient (Wildman–Crippen LogP) is 3.03. The Hall–Kier alpha value is -3.02. The van der Waals surface area contributed by atoms with Crippen LogP contribution in [0.15, 0.2) is 42.5 Å². The van der Waals surface area contributed by atoms with Crippen molar-refractivity contribution in [3.8, 4) is 12.1 Å². The molecule has 5 heteroatoms. The lowest BCUT2D eigenvalue weighted by Crippen LogP contribution is -2.42. The summed E-state index contributed by atoms with van der Waals surface area (Å²) in [5.74, 6) is 0.367. The molecule has 0 radical (unpaired) electrons. The molecule has 2 aromatic rings. The minimum Gasteiger partial charge on any atom is -0.381 e. The number of nitrogens with one attached hydrogen (secondary N) is 3. The lowest BCUT2D eigenvalue weighted by atomic mass is 10.00. The first-order valence-corrected chi connectivity index (χ1v) is 8.45. The lowest BCUT2D eigenvalue weighted by molar-refractivity contribution is 0.573. The predicted molar refractivity (Wildman–Crippen MR) is 99.5 cm³/mol. The van der Waals surface area contributed by atoms with Crippen LogP contribution >= 0.6 is 0 Å². The largest absolute Gasteiger partial charge is 0.381 e. The molecule has 3 N–H and O–H groups in total. The minimum absolute atomic E-state index is 0.232. The zero-order chi connectivity index (χ0) is 17.6. The molecule has 1 aliphatic rings. The monoisotopic (exact) mass is 331 g/mol. The highest BCUT2D eigenvalue weighted by molar-refractivity contribution is 5.77. The van der Waals surface area contributed by atoms with Gasteiger partial charge in [0.15, 0.2) is 0 Å². The second kappa shape index (κ2) is 7.70. The average Bonchev–Trinajstić information content (AvgIpc) is 2.67. The molecule has 0 aliphatic carbocycles. The normalized spacial score (nSPS) is 16.5. The molecule has 3 rings (SSSR count). The molecular weight excluding hydrogens is 310 g/mol. The summed E-state index contributed by atoms with van der Waals surface area (Å²) in [4.78, 5) is 0. The van der Waals surface area contributed by atoms with Crippen molar-refractivity contribution in [1.82, 2.24) is 5.32 Å². The highest BCUT2D eigenvalue weighted by atomic mass is 15.1. The minimum atomic E-state index is 0.232. The molecule has 0 spiro atoms. The molecule has 5 nitrogen and oxygen atoms in total. The fraction of sp³-hybridized carbons (Fsp3) is 0.300. The van der Waals surface area contributed by atoms with Crippen molar-refractivity contribution in [2.45, 2.75) is 18.9 Å². The van der Waals surface area contributed by atoms with Gasteiger partial charge >= 0.3 is 0 Å². The van der Waals surface area contributed by atoms with Gasteiger partial charge in [-0.05, 0) is 35.7 Å². The molecule has 1 heterocycles. The van der Waals surface area contributed by atoms with Crippen molar-refractivity contribution < 1.29 is 0 Å². The van der Waals surface area contributed by atoms with Gasteiger partial charge in [-0.25, -0.2) is 0 Å². The Bertz CT molecular complexity index is 813. The van der Waals surface area contributed by atoms with Crippen molar-refractivity contribution in [2.75, 3.05) is 30.3 Å². The third kappa shape index (κ3) is 3.91.